The van der Waals surface area contributed by atoms with E-state index in [-0.39, 0.29) is 26.2 Å². The molecule has 3 aromatic carbocycles. The monoisotopic (exact) mass is 758 g/mol. The number of pyridine rings is 1. The molecule has 9 nitrogen and oxygen atoms in total. The number of likely N-dealkylation sites (tertiary alicyclic amines) is 2. The van der Waals surface area contributed by atoms with Gasteiger partial charge in [-0.05, 0) is 85.7 Å². The van der Waals surface area contributed by atoms with Crippen LogP contribution in [0.3, 0.4) is 0 Å². The van der Waals surface area contributed by atoms with Crippen molar-refractivity contribution in [3.63, 3.8) is 0 Å². The average Bonchev–Trinajstić information content (AvgIpc) is 3.51. The lowest BCUT2D eigenvalue weighted by molar-refractivity contribution is -0.144. The standard InChI is InChI=1S/C42H45ClF2N4O5/c1-28-32(8-5-9-34(28)35-10-6-12-38(29(35)2)52-17-7-14-48-16-13-42(44,45)27-48)26-54-40-20-39(53-25-31-18-30(21-46)22-47-23-31)33(19-36(40)43)24-49-15-4-3-11-37(49)41(50)51/h5-6,8-10,12,18-20,22-23,37H,3-4,7,11,13-17,24-27H2,1-2H3,(H,50,51)/t37-/m0/s1. The highest BCUT2D eigenvalue weighted by molar-refractivity contribution is 6.32. The number of piperidine rings is 1. The first-order valence-electron chi connectivity index (χ1n) is 18.3. The highest BCUT2D eigenvalue weighted by Gasteiger charge is 2.37. The SMILES string of the molecule is Cc1c(COc2cc(OCc3cncc(C#N)c3)c(CN3CCCC[C@H]3C(=O)O)cc2Cl)cccc1-c1cccc(OCCCN2CCC(F)(F)C2)c1C. The Balaban J connectivity index is 1.17. The molecule has 0 saturated carbocycles. The summed E-state index contributed by atoms with van der Waals surface area (Å²) in [4.78, 5) is 19.9. The lowest BCUT2D eigenvalue weighted by Crippen LogP contribution is -2.44. The number of carboxylic acid groups (broad SMARTS) is 1. The molecule has 2 fully saturated rings. The molecule has 1 atom stereocenters. The Morgan fingerprint density at radius 1 is 0.963 bits per heavy atom. The maximum absolute atomic E-state index is 13.6. The second kappa shape index (κ2) is 17.6. The zero-order chi connectivity index (χ0) is 38.2. The number of nitrogens with zero attached hydrogens (tertiary/aromatic N) is 4. The summed E-state index contributed by atoms with van der Waals surface area (Å²) in [6, 6.07) is 18.7. The first-order chi connectivity index (χ1) is 26.0. The molecule has 12 heteroatoms. The van der Waals surface area contributed by atoms with Crippen molar-refractivity contribution in [3.8, 4) is 34.4 Å². The van der Waals surface area contributed by atoms with Crippen LogP contribution in [0.5, 0.6) is 17.2 Å². The molecular formula is C42H45ClF2N4O5. The Hall–Kier alpha value is -4.76. The normalized spacial score (nSPS) is 17.2. The topological polar surface area (TPSA) is 108 Å². The molecule has 2 saturated heterocycles. The van der Waals surface area contributed by atoms with Crippen molar-refractivity contribution < 1.29 is 32.9 Å². The van der Waals surface area contributed by atoms with Crippen molar-refractivity contribution in [1.82, 2.24) is 14.8 Å². The van der Waals surface area contributed by atoms with Gasteiger partial charge in [0.25, 0.3) is 5.92 Å². The number of rotatable bonds is 15. The van der Waals surface area contributed by atoms with Crippen molar-refractivity contribution in [2.45, 2.75) is 77.7 Å². The Labute approximate surface area is 320 Å². The maximum Gasteiger partial charge on any atom is 0.320 e. The summed E-state index contributed by atoms with van der Waals surface area (Å²) < 4.78 is 45.9. The van der Waals surface area contributed by atoms with Gasteiger partial charge in [0.05, 0.1) is 23.7 Å². The molecular weight excluding hydrogens is 714 g/mol. The summed E-state index contributed by atoms with van der Waals surface area (Å²) in [6.07, 6.45) is 6.04. The first-order valence-corrected chi connectivity index (χ1v) is 18.7. The van der Waals surface area contributed by atoms with E-state index >= 15 is 0 Å². The summed E-state index contributed by atoms with van der Waals surface area (Å²) >= 11 is 6.84. The van der Waals surface area contributed by atoms with Crippen LogP contribution in [0.1, 0.15) is 65.5 Å². The summed E-state index contributed by atoms with van der Waals surface area (Å²) in [6.45, 7) is 6.66. The van der Waals surface area contributed by atoms with Gasteiger partial charge >= 0.3 is 5.97 Å². The molecule has 284 valence electrons. The second-order valence-corrected chi connectivity index (χ2v) is 14.5. The van der Waals surface area contributed by atoms with E-state index in [0.717, 1.165) is 52.0 Å². The van der Waals surface area contributed by atoms with E-state index in [1.54, 1.807) is 29.3 Å². The van der Waals surface area contributed by atoms with Crippen molar-refractivity contribution in [3.05, 3.63) is 105 Å². The van der Waals surface area contributed by atoms with Crippen LogP contribution >= 0.6 is 11.6 Å². The van der Waals surface area contributed by atoms with Crippen LogP contribution in [0.25, 0.3) is 11.1 Å². The molecule has 1 N–H and O–H groups in total. The number of benzene rings is 3. The Morgan fingerprint density at radius 3 is 2.50 bits per heavy atom. The van der Waals surface area contributed by atoms with E-state index in [4.69, 9.17) is 25.8 Å². The molecule has 3 heterocycles. The zero-order valence-corrected chi connectivity index (χ0v) is 31.4. The number of aliphatic carboxylic acids is 1. The van der Waals surface area contributed by atoms with Crippen LogP contribution in [-0.4, -0.2) is 70.6 Å². The lowest BCUT2D eigenvalue weighted by atomic mass is 9.93. The molecule has 0 radical (unpaired) electrons. The van der Waals surface area contributed by atoms with Crippen LogP contribution in [0, 0.1) is 25.2 Å². The predicted octanol–water partition coefficient (Wildman–Crippen LogP) is 8.60. The smallest absolute Gasteiger partial charge is 0.320 e. The van der Waals surface area contributed by atoms with E-state index in [1.807, 2.05) is 43.0 Å². The Morgan fingerprint density at radius 2 is 1.74 bits per heavy atom. The molecule has 2 aliphatic heterocycles. The number of carboxylic acids is 1. The zero-order valence-electron chi connectivity index (χ0n) is 30.6. The number of halogens is 3. The highest BCUT2D eigenvalue weighted by atomic mass is 35.5. The molecule has 0 amide bonds. The number of carbonyl (C=O) groups is 1. The largest absolute Gasteiger partial charge is 0.493 e. The van der Waals surface area contributed by atoms with Crippen LogP contribution in [0.4, 0.5) is 8.78 Å². The van der Waals surface area contributed by atoms with Gasteiger partial charge < -0.3 is 19.3 Å². The molecule has 0 unspecified atom stereocenters. The van der Waals surface area contributed by atoms with E-state index < -0.39 is 17.9 Å². The summed E-state index contributed by atoms with van der Waals surface area (Å²) in [5.41, 5.74) is 6.91. The summed E-state index contributed by atoms with van der Waals surface area (Å²) in [5, 5.41) is 19.6. The fraction of sp³-hybridized carbons (Fsp3) is 0.405. The first kappa shape index (κ1) is 38.9. The molecule has 0 aliphatic carbocycles. The molecule has 54 heavy (non-hydrogen) atoms. The minimum atomic E-state index is -2.59. The van der Waals surface area contributed by atoms with Gasteiger partial charge in [0.15, 0.2) is 0 Å². The number of aromatic nitrogens is 1. The predicted molar refractivity (Wildman–Crippen MR) is 202 cm³/mol. The third-order valence-corrected chi connectivity index (χ3v) is 10.5. The minimum Gasteiger partial charge on any atom is -0.493 e. The van der Waals surface area contributed by atoms with Crippen molar-refractivity contribution in [2.75, 3.05) is 32.8 Å². The van der Waals surface area contributed by atoms with E-state index in [0.29, 0.717) is 73.3 Å². The fourth-order valence-corrected chi connectivity index (χ4v) is 7.47. The van der Waals surface area contributed by atoms with Gasteiger partial charge in [0.2, 0.25) is 0 Å². The molecule has 1 aromatic heterocycles. The molecule has 2 aliphatic rings. The van der Waals surface area contributed by atoms with Crippen molar-refractivity contribution >= 4 is 17.6 Å². The van der Waals surface area contributed by atoms with E-state index in [2.05, 4.69) is 23.2 Å². The van der Waals surface area contributed by atoms with Gasteiger partial charge in [-0.3, -0.25) is 19.6 Å². The number of hydrogen-bond donors (Lipinski definition) is 1. The number of nitriles is 1. The molecule has 4 aromatic rings. The average molecular weight is 759 g/mol. The molecule has 0 bridgehead atoms. The number of hydrogen-bond acceptors (Lipinski definition) is 8. The Kier molecular flexibility index (Phi) is 12.7. The lowest BCUT2D eigenvalue weighted by Gasteiger charge is -2.33. The van der Waals surface area contributed by atoms with Crippen molar-refractivity contribution in [2.24, 2.45) is 0 Å². The van der Waals surface area contributed by atoms with Gasteiger partial charge in [-0.25, -0.2) is 8.78 Å². The van der Waals surface area contributed by atoms with Crippen LogP contribution in [0.2, 0.25) is 5.02 Å². The van der Waals surface area contributed by atoms with Crippen LogP contribution < -0.4 is 14.2 Å². The summed E-state index contributed by atoms with van der Waals surface area (Å²) in [5.74, 6) is -1.76. The van der Waals surface area contributed by atoms with Gasteiger partial charge in [-0.1, -0.05) is 48.4 Å². The van der Waals surface area contributed by atoms with Crippen molar-refractivity contribution in [1.29, 1.82) is 5.26 Å². The number of alkyl halides is 2. The van der Waals surface area contributed by atoms with Crippen LogP contribution in [0.15, 0.2) is 67.0 Å². The highest BCUT2D eigenvalue weighted by Crippen LogP contribution is 2.37. The quantitative estimate of drug-likeness (QED) is 0.119. The molecule has 0 spiro atoms. The van der Waals surface area contributed by atoms with Gasteiger partial charge in [0.1, 0.15) is 42.6 Å². The Bertz CT molecular complexity index is 2000. The summed E-state index contributed by atoms with van der Waals surface area (Å²) in [7, 11) is 0. The van der Waals surface area contributed by atoms with E-state index in [1.165, 1.54) is 6.20 Å². The van der Waals surface area contributed by atoms with Crippen LogP contribution in [-0.2, 0) is 24.6 Å². The van der Waals surface area contributed by atoms with Gasteiger partial charge in [0, 0.05) is 55.6 Å². The second-order valence-electron chi connectivity index (χ2n) is 14.1. The third-order valence-electron chi connectivity index (χ3n) is 10.2. The van der Waals surface area contributed by atoms with Gasteiger partial charge in [-0.15, -0.1) is 0 Å². The maximum atomic E-state index is 13.6. The number of ether oxygens (including phenoxy) is 3. The minimum absolute atomic E-state index is 0.0822. The third kappa shape index (κ3) is 9.66. The fourth-order valence-electron chi connectivity index (χ4n) is 7.23. The van der Waals surface area contributed by atoms with Gasteiger partial charge in [-0.2, -0.15) is 5.26 Å². The molecule has 6 rings (SSSR count). The van der Waals surface area contributed by atoms with E-state index in [9.17, 15) is 23.9 Å².